The van der Waals surface area contributed by atoms with E-state index < -0.39 is 0 Å². The second-order valence-electron chi connectivity index (χ2n) is 5.94. The van der Waals surface area contributed by atoms with E-state index in [0.29, 0.717) is 0 Å². The van der Waals surface area contributed by atoms with E-state index >= 15 is 0 Å². The molecular formula is C18H18N2OS2. The van der Waals surface area contributed by atoms with E-state index in [1.807, 2.05) is 35.2 Å². The minimum atomic E-state index is 0.164. The van der Waals surface area contributed by atoms with Gasteiger partial charge in [0.05, 0.1) is 20.0 Å². The average Bonchev–Trinajstić information content (AvgIpc) is 3.10. The fourth-order valence-electron chi connectivity index (χ4n) is 2.67. The number of para-hydroxylation sites is 1. The predicted octanol–water partition coefficient (Wildman–Crippen LogP) is 4.90. The molecule has 1 amide bonds. The van der Waals surface area contributed by atoms with Gasteiger partial charge in [0.2, 0.25) is 0 Å². The molecule has 0 spiro atoms. The molecule has 5 heteroatoms. The molecule has 4 rings (SSSR count). The van der Waals surface area contributed by atoms with Gasteiger partial charge in [0.1, 0.15) is 5.01 Å². The summed E-state index contributed by atoms with van der Waals surface area (Å²) in [4.78, 5) is 21.2. The van der Waals surface area contributed by atoms with Crippen molar-refractivity contribution in [2.45, 2.75) is 19.8 Å². The molecule has 1 aliphatic carbocycles. The maximum absolute atomic E-state index is 12.7. The van der Waals surface area contributed by atoms with Crippen molar-refractivity contribution < 1.29 is 4.79 Å². The van der Waals surface area contributed by atoms with Crippen LogP contribution in [0, 0.1) is 5.92 Å². The third-order valence-corrected chi connectivity index (χ3v) is 6.44. The van der Waals surface area contributed by atoms with Crippen molar-refractivity contribution in [1.82, 2.24) is 9.88 Å². The molecule has 0 atom stereocenters. The lowest BCUT2D eigenvalue weighted by Crippen LogP contribution is -2.32. The van der Waals surface area contributed by atoms with E-state index in [1.165, 1.54) is 17.5 Å². The fourth-order valence-corrected chi connectivity index (χ4v) is 4.66. The van der Waals surface area contributed by atoms with E-state index in [0.717, 1.165) is 39.3 Å². The minimum Gasteiger partial charge on any atom is -0.338 e. The molecule has 0 radical (unpaired) electrons. The smallest absolute Gasteiger partial charge is 0.263 e. The van der Waals surface area contributed by atoms with Gasteiger partial charge in [0, 0.05) is 13.1 Å². The van der Waals surface area contributed by atoms with Crippen LogP contribution in [-0.4, -0.2) is 28.9 Å². The van der Waals surface area contributed by atoms with Crippen LogP contribution in [-0.2, 0) is 0 Å². The first kappa shape index (κ1) is 14.8. The van der Waals surface area contributed by atoms with Gasteiger partial charge in [0.15, 0.2) is 0 Å². The van der Waals surface area contributed by atoms with E-state index in [9.17, 15) is 4.79 Å². The first-order valence-electron chi connectivity index (χ1n) is 7.99. The quantitative estimate of drug-likeness (QED) is 0.661. The summed E-state index contributed by atoms with van der Waals surface area (Å²) in [6, 6.07) is 12.1. The largest absolute Gasteiger partial charge is 0.338 e. The van der Waals surface area contributed by atoms with Crippen molar-refractivity contribution in [3.05, 3.63) is 41.3 Å². The summed E-state index contributed by atoms with van der Waals surface area (Å²) in [6.07, 6.45) is 2.54. The molecule has 2 aromatic heterocycles. The van der Waals surface area contributed by atoms with Crippen LogP contribution in [0.5, 0.6) is 0 Å². The van der Waals surface area contributed by atoms with E-state index in [1.54, 1.807) is 22.7 Å². The Morgan fingerprint density at radius 1 is 1.22 bits per heavy atom. The molecule has 1 aliphatic rings. The molecule has 118 valence electrons. The lowest BCUT2D eigenvalue weighted by molar-refractivity contribution is 0.0762. The third-order valence-electron chi connectivity index (χ3n) is 4.17. The van der Waals surface area contributed by atoms with Crippen molar-refractivity contribution in [2.24, 2.45) is 5.92 Å². The van der Waals surface area contributed by atoms with Gasteiger partial charge in [-0.3, -0.25) is 4.79 Å². The van der Waals surface area contributed by atoms with Crippen molar-refractivity contribution >= 4 is 38.8 Å². The number of fused-ring (bicyclic) bond motifs is 1. The Morgan fingerprint density at radius 3 is 2.78 bits per heavy atom. The van der Waals surface area contributed by atoms with Crippen LogP contribution in [0.2, 0.25) is 0 Å². The molecule has 23 heavy (non-hydrogen) atoms. The minimum absolute atomic E-state index is 0.164. The molecule has 0 aliphatic heterocycles. The Hall–Kier alpha value is -1.72. The van der Waals surface area contributed by atoms with Gasteiger partial charge in [-0.2, -0.15) is 0 Å². The lowest BCUT2D eigenvalue weighted by Gasteiger charge is -2.19. The number of carbonyl (C=O) groups is 1. The summed E-state index contributed by atoms with van der Waals surface area (Å²) < 4.78 is 1.19. The van der Waals surface area contributed by atoms with Crippen molar-refractivity contribution in [2.75, 3.05) is 13.1 Å². The monoisotopic (exact) mass is 342 g/mol. The SMILES string of the molecule is CCN(CC1CC1)C(=O)c1ccc(-c2nc3ccccc3s2)s1. The number of benzene rings is 1. The van der Waals surface area contributed by atoms with Gasteiger partial charge < -0.3 is 4.90 Å². The highest BCUT2D eigenvalue weighted by Gasteiger charge is 2.27. The normalized spacial score (nSPS) is 14.3. The summed E-state index contributed by atoms with van der Waals surface area (Å²) in [5.41, 5.74) is 1.03. The van der Waals surface area contributed by atoms with E-state index in [2.05, 4.69) is 18.0 Å². The molecule has 1 fully saturated rings. The molecule has 1 saturated carbocycles. The highest BCUT2D eigenvalue weighted by Crippen LogP contribution is 2.35. The number of hydrogen-bond acceptors (Lipinski definition) is 4. The summed E-state index contributed by atoms with van der Waals surface area (Å²) in [5.74, 6) is 0.888. The van der Waals surface area contributed by atoms with Crippen LogP contribution in [0.1, 0.15) is 29.4 Å². The summed E-state index contributed by atoms with van der Waals surface area (Å²) in [5, 5.41) is 1.00. The number of aromatic nitrogens is 1. The summed E-state index contributed by atoms with van der Waals surface area (Å²) >= 11 is 3.24. The molecule has 0 N–H and O–H groups in total. The summed E-state index contributed by atoms with van der Waals surface area (Å²) in [6.45, 7) is 3.75. The topological polar surface area (TPSA) is 33.2 Å². The van der Waals surface area contributed by atoms with Crippen LogP contribution in [0.4, 0.5) is 0 Å². The Kier molecular flexibility index (Phi) is 3.91. The van der Waals surface area contributed by atoms with E-state index in [-0.39, 0.29) is 5.91 Å². The van der Waals surface area contributed by atoms with Gasteiger partial charge in [-0.05, 0) is 49.9 Å². The molecule has 0 bridgehead atoms. The Morgan fingerprint density at radius 2 is 2.04 bits per heavy atom. The first-order valence-corrected chi connectivity index (χ1v) is 9.63. The van der Waals surface area contributed by atoms with Gasteiger partial charge in [-0.25, -0.2) is 4.98 Å². The molecule has 2 heterocycles. The lowest BCUT2D eigenvalue weighted by atomic mass is 10.3. The van der Waals surface area contributed by atoms with Crippen molar-refractivity contribution in [3.63, 3.8) is 0 Å². The number of carbonyl (C=O) groups excluding carboxylic acids is 1. The maximum Gasteiger partial charge on any atom is 0.263 e. The van der Waals surface area contributed by atoms with Crippen LogP contribution < -0.4 is 0 Å². The van der Waals surface area contributed by atoms with E-state index in [4.69, 9.17) is 0 Å². The zero-order valence-corrected chi connectivity index (χ0v) is 14.6. The number of hydrogen-bond donors (Lipinski definition) is 0. The highest BCUT2D eigenvalue weighted by molar-refractivity contribution is 7.26. The Balaban J connectivity index is 1.58. The van der Waals surface area contributed by atoms with Gasteiger partial charge in [0.25, 0.3) is 5.91 Å². The Bertz CT molecular complexity index is 814. The van der Waals surface area contributed by atoms with Crippen LogP contribution in [0.25, 0.3) is 20.1 Å². The number of rotatable bonds is 5. The summed E-state index contributed by atoms with van der Waals surface area (Å²) in [7, 11) is 0. The van der Waals surface area contributed by atoms with Crippen LogP contribution in [0.3, 0.4) is 0 Å². The number of thiophene rings is 1. The number of nitrogens with zero attached hydrogens (tertiary/aromatic N) is 2. The molecular weight excluding hydrogens is 324 g/mol. The molecule has 3 nitrogen and oxygen atoms in total. The maximum atomic E-state index is 12.7. The molecule has 1 aromatic carbocycles. The second-order valence-corrected chi connectivity index (χ2v) is 8.05. The average molecular weight is 342 g/mol. The molecule has 3 aromatic rings. The Labute approximate surface area is 143 Å². The standard InChI is InChI=1S/C18H18N2OS2/c1-2-20(11-12-7-8-12)18(21)16-10-9-15(22-16)17-19-13-5-3-4-6-14(13)23-17/h3-6,9-10,12H,2,7-8,11H2,1H3. The molecule has 0 saturated heterocycles. The van der Waals surface area contributed by atoms with Crippen LogP contribution >= 0.6 is 22.7 Å². The van der Waals surface area contributed by atoms with Gasteiger partial charge in [-0.15, -0.1) is 22.7 Å². The van der Waals surface area contributed by atoms with Crippen molar-refractivity contribution in [3.8, 4) is 9.88 Å². The predicted molar refractivity (Wildman–Crippen MR) is 97.2 cm³/mol. The fraction of sp³-hybridized carbons (Fsp3) is 0.333. The molecule has 0 unspecified atom stereocenters. The van der Waals surface area contributed by atoms with Gasteiger partial charge in [-0.1, -0.05) is 12.1 Å². The second kappa shape index (κ2) is 6.06. The third kappa shape index (κ3) is 3.03. The first-order chi connectivity index (χ1) is 11.2. The zero-order chi connectivity index (χ0) is 15.8. The number of thiazole rings is 1. The number of amides is 1. The zero-order valence-electron chi connectivity index (χ0n) is 13.0. The van der Waals surface area contributed by atoms with Crippen LogP contribution in [0.15, 0.2) is 36.4 Å². The van der Waals surface area contributed by atoms with Gasteiger partial charge >= 0.3 is 0 Å². The van der Waals surface area contributed by atoms with Crippen molar-refractivity contribution in [1.29, 1.82) is 0 Å². The highest BCUT2D eigenvalue weighted by atomic mass is 32.1.